The Morgan fingerprint density at radius 2 is 1.86 bits per heavy atom. The summed E-state index contributed by atoms with van der Waals surface area (Å²) in [4.78, 5) is 2.21. The Bertz CT molecular complexity index is 932. The summed E-state index contributed by atoms with van der Waals surface area (Å²) in [6.45, 7) is 5.48. The lowest BCUT2D eigenvalue weighted by atomic mass is 10.1. The lowest BCUT2D eigenvalue weighted by Gasteiger charge is -2.27. The zero-order valence-electron chi connectivity index (χ0n) is 16.8. The lowest BCUT2D eigenvalue weighted by molar-refractivity contribution is -0.0962. The number of hydrogen-bond acceptors (Lipinski definition) is 4. The summed E-state index contributed by atoms with van der Waals surface area (Å²) in [7, 11) is 2.07. The summed E-state index contributed by atoms with van der Waals surface area (Å²) >= 11 is 0. The van der Waals surface area contributed by atoms with Crippen LogP contribution in [-0.2, 0) is 16.0 Å². The number of aromatic nitrogens is 2. The van der Waals surface area contributed by atoms with Gasteiger partial charge in [-0.2, -0.15) is 5.10 Å². The summed E-state index contributed by atoms with van der Waals surface area (Å²) < 4.78 is 26.6. The van der Waals surface area contributed by atoms with Crippen molar-refractivity contribution in [3.63, 3.8) is 0 Å². The fourth-order valence-electron chi connectivity index (χ4n) is 3.55. The van der Waals surface area contributed by atoms with Crippen molar-refractivity contribution in [1.82, 2.24) is 14.7 Å². The molecule has 1 aromatic heterocycles. The molecule has 5 nitrogen and oxygen atoms in total. The van der Waals surface area contributed by atoms with Crippen LogP contribution in [0.2, 0.25) is 0 Å². The van der Waals surface area contributed by atoms with Crippen LogP contribution in [-0.4, -0.2) is 54.2 Å². The van der Waals surface area contributed by atoms with Crippen LogP contribution >= 0.6 is 0 Å². The van der Waals surface area contributed by atoms with Gasteiger partial charge in [0, 0.05) is 30.4 Å². The van der Waals surface area contributed by atoms with Gasteiger partial charge < -0.3 is 9.47 Å². The molecule has 0 aliphatic carbocycles. The Kier molecular flexibility index (Phi) is 6.04. The first-order valence-electron chi connectivity index (χ1n) is 9.88. The van der Waals surface area contributed by atoms with Gasteiger partial charge in [0.1, 0.15) is 5.82 Å². The van der Waals surface area contributed by atoms with E-state index >= 15 is 0 Å². The van der Waals surface area contributed by atoms with E-state index in [9.17, 15) is 4.39 Å². The smallest absolute Gasteiger partial charge is 0.123 e. The third-order valence-corrected chi connectivity index (χ3v) is 5.05. The fourth-order valence-corrected chi connectivity index (χ4v) is 3.55. The molecule has 152 valence electrons. The normalized spacial score (nSPS) is 17.0. The summed E-state index contributed by atoms with van der Waals surface area (Å²) in [6.07, 6.45) is 2.13. The first kappa shape index (κ1) is 19.8. The van der Waals surface area contributed by atoms with Gasteiger partial charge in [0.2, 0.25) is 0 Å². The highest BCUT2D eigenvalue weighted by atomic mass is 19.1. The lowest BCUT2D eigenvalue weighted by Crippen LogP contribution is -2.38. The fraction of sp³-hybridized carbons (Fsp3) is 0.348. The van der Waals surface area contributed by atoms with Gasteiger partial charge in [-0.25, -0.2) is 9.07 Å². The zero-order valence-corrected chi connectivity index (χ0v) is 16.8. The molecule has 1 aliphatic rings. The second-order valence-electron chi connectivity index (χ2n) is 7.55. The molecule has 0 N–H and O–H groups in total. The summed E-state index contributed by atoms with van der Waals surface area (Å²) in [5.74, 6) is -0.250. The van der Waals surface area contributed by atoms with Crippen LogP contribution < -0.4 is 0 Å². The quantitative estimate of drug-likeness (QED) is 0.636. The third kappa shape index (κ3) is 4.90. The maximum atomic E-state index is 13.4. The molecule has 1 atom stereocenters. The maximum absolute atomic E-state index is 13.4. The van der Waals surface area contributed by atoms with Gasteiger partial charge in [0.15, 0.2) is 0 Å². The van der Waals surface area contributed by atoms with E-state index in [-0.39, 0.29) is 11.9 Å². The molecule has 2 aromatic carbocycles. The van der Waals surface area contributed by atoms with Crippen molar-refractivity contribution >= 4 is 0 Å². The van der Waals surface area contributed by atoms with Crippen molar-refractivity contribution in [1.29, 1.82) is 0 Å². The van der Waals surface area contributed by atoms with E-state index in [0.29, 0.717) is 26.4 Å². The topological polar surface area (TPSA) is 39.5 Å². The standard InChI is InChI=1S/C23H26FN3O2/c1-17-3-9-21(10-4-17)27-14-19(13-26(2)15-22-16-28-11-12-29-22)23(25-27)18-5-7-20(24)8-6-18/h3-10,14,22H,11-13,15-16H2,1-2H3. The van der Waals surface area contributed by atoms with Crippen LogP contribution in [0.4, 0.5) is 4.39 Å². The van der Waals surface area contributed by atoms with E-state index in [0.717, 1.165) is 29.1 Å². The minimum absolute atomic E-state index is 0.0789. The molecule has 2 heterocycles. The van der Waals surface area contributed by atoms with E-state index in [2.05, 4.69) is 49.3 Å². The summed E-state index contributed by atoms with van der Waals surface area (Å²) in [5.41, 5.74) is 5.04. The van der Waals surface area contributed by atoms with E-state index < -0.39 is 0 Å². The molecule has 1 aliphatic heterocycles. The molecule has 0 saturated carbocycles. The average molecular weight is 395 g/mol. The Morgan fingerprint density at radius 1 is 1.10 bits per heavy atom. The Labute approximate surface area is 170 Å². The van der Waals surface area contributed by atoms with E-state index in [4.69, 9.17) is 14.6 Å². The number of hydrogen-bond donors (Lipinski definition) is 0. The number of benzene rings is 2. The van der Waals surface area contributed by atoms with Crippen LogP contribution in [0, 0.1) is 12.7 Å². The molecule has 4 rings (SSSR count). The Hall–Kier alpha value is -2.54. The van der Waals surface area contributed by atoms with Gasteiger partial charge in [0.25, 0.3) is 0 Å². The van der Waals surface area contributed by atoms with Gasteiger partial charge in [-0.3, -0.25) is 4.90 Å². The van der Waals surface area contributed by atoms with E-state index in [1.807, 2.05) is 4.68 Å². The number of ether oxygens (including phenoxy) is 2. The number of halogens is 1. The average Bonchev–Trinajstić information content (AvgIpc) is 3.13. The van der Waals surface area contributed by atoms with Gasteiger partial charge in [-0.1, -0.05) is 17.7 Å². The predicted molar refractivity (Wildman–Crippen MR) is 111 cm³/mol. The van der Waals surface area contributed by atoms with Crippen molar-refractivity contribution in [2.75, 3.05) is 33.4 Å². The van der Waals surface area contributed by atoms with E-state index in [1.165, 1.54) is 17.7 Å². The van der Waals surface area contributed by atoms with Crippen LogP contribution in [0.15, 0.2) is 54.7 Å². The van der Waals surface area contributed by atoms with Gasteiger partial charge in [-0.05, 0) is 50.4 Å². The third-order valence-electron chi connectivity index (χ3n) is 5.05. The molecule has 0 spiro atoms. The Morgan fingerprint density at radius 3 is 2.55 bits per heavy atom. The first-order valence-corrected chi connectivity index (χ1v) is 9.88. The van der Waals surface area contributed by atoms with Crippen molar-refractivity contribution < 1.29 is 13.9 Å². The van der Waals surface area contributed by atoms with Crippen LogP contribution in [0.3, 0.4) is 0 Å². The monoisotopic (exact) mass is 395 g/mol. The highest BCUT2D eigenvalue weighted by molar-refractivity contribution is 5.63. The maximum Gasteiger partial charge on any atom is 0.123 e. The van der Waals surface area contributed by atoms with Crippen LogP contribution in [0.25, 0.3) is 16.9 Å². The second kappa shape index (κ2) is 8.86. The first-order chi connectivity index (χ1) is 14.1. The molecule has 1 saturated heterocycles. The number of likely N-dealkylation sites (N-methyl/N-ethyl adjacent to an activating group) is 1. The number of aryl methyl sites for hydroxylation is 1. The van der Waals surface area contributed by atoms with Crippen LogP contribution in [0.1, 0.15) is 11.1 Å². The van der Waals surface area contributed by atoms with E-state index in [1.54, 1.807) is 12.1 Å². The largest absolute Gasteiger partial charge is 0.376 e. The van der Waals surface area contributed by atoms with Crippen molar-refractivity contribution in [2.45, 2.75) is 19.6 Å². The molecule has 29 heavy (non-hydrogen) atoms. The minimum Gasteiger partial charge on any atom is -0.376 e. The Balaban J connectivity index is 1.61. The number of nitrogens with zero attached hydrogens (tertiary/aromatic N) is 3. The van der Waals surface area contributed by atoms with Gasteiger partial charge in [0.05, 0.1) is 37.3 Å². The molecular weight excluding hydrogens is 369 g/mol. The van der Waals surface area contributed by atoms with Crippen molar-refractivity contribution in [3.05, 3.63) is 71.7 Å². The second-order valence-corrected chi connectivity index (χ2v) is 7.55. The zero-order chi connectivity index (χ0) is 20.2. The SMILES string of the molecule is Cc1ccc(-n2cc(CN(C)CC3COCCO3)c(-c3ccc(F)cc3)n2)cc1. The summed E-state index contributed by atoms with van der Waals surface area (Å²) in [5, 5.41) is 4.82. The van der Waals surface area contributed by atoms with Gasteiger partial charge >= 0.3 is 0 Å². The molecular formula is C23H26FN3O2. The summed E-state index contributed by atoms with van der Waals surface area (Å²) in [6, 6.07) is 14.7. The molecule has 0 radical (unpaired) electrons. The van der Waals surface area contributed by atoms with Crippen LogP contribution in [0.5, 0.6) is 0 Å². The molecule has 1 fully saturated rings. The van der Waals surface area contributed by atoms with Crippen molar-refractivity contribution in [2.24, 2.45) is 0 Å². The van der Waals surface area contributed by atoms with Gasteiger partial charge in [-0.15, -0.1) is 0 Å². The number of rotatable bonds is 6. The van der Waals surface area contributed by atoms with Crippen molar-refractivity contribution in [3.8, 4) is 16.9 Å². The molecule has 1 unspecified atom stereocenters. The highest BCUT2D eigenvalue weighted by Crippen LogP contribution is 2.25. The molecule has 6 heteroatoms. The molecule has 0 amide bonds. The molecule has 3 aromatic rings. The molecule has 0 bridgehead atoms. The highest BCUT2D eigenvalue weighted by Gasteiger charge is 2.19. The minimum atomic E-state index is -0.250. The predicted octanol–water partition coefficient (Wildman–Crippen LogP) is 3.83.